The molecule has 0 spiro atoms. The highest BCUT2D eigenvalue weighted by Gasteiger charge is 2.12. The first kappa shape index (κ1) is 13.9. The van der Waals surface area contributed by atoms with Gasteiger partial charge in [-0.3, -0.25) is 4.21 Å². The minimum Gasteiger partial charge on any atom is -0.397 e. The van der Waals surface area contributed by atoms with E-state index in [4.69, 9.17) is 5.73 Å². The summed E-state index contributed by atoms with van der Waals surface area (Å²) in [7, 11) is -0.922. The molecule has 0 bridgehead atoms. The molecule has 1 aromatic rings. The van der Waals surface area contributed by atoms with Crippen LogP contribution < -0.4 is 11.1 Å². The molecule has 2 atom stereocenters. The average Bonchev–Trinajstić information content (AvgIpc) is 2.28. The van der Waals surface area contributed by atoms with Crippen molar-refractivity contribution in [3.8, 4) is 0 Å². The normalized spacial score (nSPS) is 14.4. The number of hydrogen-bond donors (Lipinski definition) is 2. The largest absolute Gasteiger partial charge is 0.397 e. The fourth-order valence-corrected chi connectivity index (χ4v) is 1.76. The number of rotatable bonds is 5. The first-order valence-electron chi connectivity index (χ1n) is 5.23. The highest BCUT2D eigenvalue weighted by Crippen LogP contribution is 2.24. The Balaban J connectivity index is 2.64. The topological polar surface area (TPSA) is 55.1 Å². The minimum absolute atomic E-state index is 0.000319. The Morgan fingerprint density at radius 1 is 1.47 bits per heavy atom. The summed E-state index contributed by atoms with van der Waals surface area (Å²) in [6, 6.07) is 2.29. The fourth-order valence-electron chi connectivity index (χ4n) is 1.31. The van der Waals surface area contributed by atoms with E-state index in [0.29, 0.717) is 13.0 Å². The monoisotopic (exact) mass is 262 g/mol. The molecule has 0 amide bonds. The van der Waals surface area contributed by atoms with E-state index in [1.807, 2.05) is 6.92 Å². The van der Waals surface area contributed by atoms with Crippen LogP contribution in [0, 0.1) is 11.6 Å². The van der Waals surface area contributed by atoms with Crippen LogP contribution in [0.15, 0.2) is 12.1 Å². The van der Waals surface area contributed by atoms with Gasteiger partial charge in [-0.05, 0) is 18.6 Å². The quantitative estimate of drug-likeness (QED) is 0.799. The molecule has 96 valence electrons. The Kier molecular flexibility index (Phi) is 4.86. The molecule has 0 saturated heterocycles. The van der Waals surface area contributed by atoms with Crippen molar-refractivity contribution in [2.45, 2.75) is 18.6 Å². The van der Waals surface area contributed by atoms with E-state index >= 15 is 0 Å². The van der Waals surface area contributed by atoms with Gasteiger partial charge in [-0.2, -0.15) is 0 Å². The molecule has 3 N–H and O–H groups in total. The molecule has 3 nitrogen and oxygen atoms in total. The maximum atomic E-state index is 13.4. The van der Waals surface area contributed by atoms with Crippen LogP contribution in [0.1, 0.15) is 13.3 Å². The number of halogens is 2. The van der Waals surface area contributed by atoms with Crippen LogP contribution in [0.4, 0.5) is 20.2 Å². The number of benzene rings is 1. The lowest BCUT2D eigenvalue weighted by molar-refractivity contribution is 0.511. The Bertz CT molecular complexity index is 426. The highest BCUT2D eigenvalue weighted by atomic mass is 32.2. The van der Waals surface area contributed by atoms with E-state index in [9.17, 15) is 13.0 Å². The molecule has 6 heteroatoms. The number of nitrogens with one attached hydrogen (secondary N) is 1. The van der Waals surface area contributed by atoms with Crippen LogP contribution in [0.2, 0.25) is 0 Å². The molecular formula is C11H16F2N2OS. The van der Waals surface area contributed by atoms with Gasteiger partial charge in [0, 0.05) is 28.9 Å². The maximum Gasteiger partial charge on any atom is 0.183 e. The van der Waals surface area contributed by atoms with Gasteiger partial charge in [0.2, 0.25) is 0 Å². The van der Waals surface area contributed by atoms with Gasteiger partial charge >= 0.3 is 0 Å². The lowest BCUT2D eigenvalue weighted by Crippen LogP contribution is -2.16. The lowest BCUT2D eigenvalue weighted by atomic mass is 10.2. The van der Waals surface area contributed by atoms with Crippen LogP contribution in [0.25, 0.3) is 0 Å². The molecule has 17 heavy (non-hydrogen) atoms. The van der Waals surface area contributed by atoms with Gasteiger partial charge in [-0.1, -0.05) is 6.92 Å². The van der Waals surface area contributed by atoms with E-state index in [-0.39, 0.29) is 16.6 Å². The standard InChI is InChI=1S/C11H16F2N2OS/c1-7(17(2)16)5-6-15-11-9(14)4-3-8(12)10(11)13/h3-4,7,15H,5-6,14H2,1-2H3. The van der Waals surface area contributed by atoms with Crippen molar-refractivity contribution in [1.82, 2.24) is 0 Å². The van der Waals surface area contributed by atoms with Crippen molar-refractivity contribution in [3.05, 3.63) is 23.8 Å². The van der Waals surface area contributed by atoms with Crippen LogP contribution in [-0.4, -0.2) is 22.3 Å². The van der Waals surface area contributed by atoms with Gasteiger partial charge in [0.1, 0.15) is 0 Å². The van der Waals surface area contributed by atoms with Crippen LogP contribution >= 0.6 is 0 Å². The van der Waals surface area contributed by atoms with Crippen molar-refractivity contribution in [2.75, 3.05) is 23.9 Å². The minimum atomic E-state index is -0.977. The molecule has 0 aliphatic rings. The van der Waals surface area contributed by atoms with Gasteiger partial charge in [-0.15, -0.1) is 0 Å². The zero-order valence-electron chi connectivity index (χ0n) is 9.80. The molecule has 0 radical (unpaired) electrons. The zero-order valence-corrected chi connectivity index (χ0v) is 10.6. The summed E-state index contributed by atoms with van der Waals surface area (Å²) in [6.45, 7) is 2.23. The number of anilines is 2. The maximum absolute atomic E-state index is 13.4. The first-order valence-corrected chi connectivity index (χ1v) is 6.85. The molecule has 0 heterocycles. The summed E-state index contributed by atoms with van der Waals surface area (Å²) in [5.74, 6) is -1.91. The predicted molar refractivity (Wildman–Crippen MR) is 67.4 cm³/mol. The van der Waals surface area contributed by atoms with Gasteiger partial charge in [0.05, 0.1) is 11.4 Å². The third kappa shape index (κ3) is 3.66. The van der Waals surface area contributed by atoms with Crippen molar-refractivity contribution in [2.24, 2.45) is 0 Å². The van der Waals surface area contributed by atoms with E-state index in [2.05, 4.69) is 5.32 Å². The van der Waals surface area contributed by atoms with Crippen LogP contribution in [-0.2, 0) is 10.8 Å². The molecule has 2 unspecified atom stereocenters. The van der Waals surface area contributed by atoms with Gasteiger partial charge in [0.25, 0.3) is 0 Å². The summed E-state index contributed by atoms with van der Waals surface area (Å²) in [5.41, 5.74) is 5.67. The van der Waals surface area contributed by atoms with Crippen molar-refractivity contribution < 1.29 is 13.0 Å². The molecule has 1 aromatic carbocycles. The second-order valence-electron chi connectivity index (χ2n) is 3.85. The fraction of sp³-hybridized carbons (Fsp3) is 0.455. The molecule has 0 aliphatic carbocycles. The second-order valence-corrected chi connectivity index (χ2v) is 5.65. The molecule has 0 fully saturated rings. The molecular weight excluding hydrogens is 246 g/mol. The third-order valence-corrected chi connectivity index (χ3v) is 3.92. The number of hydrogen-bond acceptors (Lipinski definition) is 3. The average molecular weight is 262 g/mol. The van der Waals surface area contributed by atoms with Crippen LogP contribution in [0.3, 0.4) is 0 Å². The van der Waals surface area contributed by atoms with Gasteiger partial charge < -0.3 is 11.1 Å². The molecule has 1 rings (SSSR count). The summed E-state index contributed by atoms with van der Waals surface area (Å²) in [4.78, 5) is 0. The summed E-state index contributed by atoms with van der Waals surface area (Å²) in [5, 5.41) is 2.73. The van der Waals surface area contributed by atoms with E-state index in [0.717, 1.165) is 6.07 Å². The highest BCUT2D eigenvalue weighted by molar-refractivity contribution is 7.84. The Labute approximate surface area is 102 Å². The third-order valence-electron chi connectivity index (χ3n) is 2.55. The Morgan fingerprint density at radius 2 is 2.12 bits per heavy atom. The van der Waals surface area contributed by atoms with Gasteiger partial charge in [0.15, 0.2) is 11.6 Å². The van der Waals surface area contributed by atoms with Crippen molar-refractivity contribution >= 4 is 22.2 Å². The SMILES string of the molecule is CC(CCNc1c(N)ccc(F)c1F)S(C)=O. The smallest absolute Gasteiger partial charge is 0.183 e. The summed E-state index contributed by atoms with van der Waals surface area (Å²) in [6.07, 6.45) is 2.21. The summed E-state index contributed by atoms with van der Waals surface area (Å²) < 4.78 is 37.4. The van der Waals surface area contributed by atoms with E-state index in [1.54, 1.807) is 6.26 Å². The Morgan fingerprint density at radius 3 is 2.71 bits per heavy atom. The Hall–Kier alpha value is -1.17. The molecule has 0 aromatic heterocycles. The first-order chi connectivity index (χ1) is 7.93. The van der Waals surface area contributed by atoms with Crippen molar-refractivity contribution in [3.63, 3.8) is 0 Å². The van der Waals surface area contributed by atoms with E-state index < -0.39 is 22.4 Å². The van der Waals surface area contributed by atoms with E-state index in [1.165, 1.54) is 6.07 Å². The van der Waals surface area contributed by atoms with Crippen LogP contribution in [0.5, 0.6) is 0 Å². The summed E-state index contributed by atoms with van der Waals surface area (Å²) >= 11 is 0. The molecule has 0 aliphatic heterocycles. The zero-order chi connectivity index (χ0) is 13.0. The second kappa shape index (κ2) is 5.95. The van der Waals surface area contributed by atoms with Gasteiger partial charge in [-0.25, -0.2) is 8.78 Å². The van der Waals surface area contributed by atoms with Crippen molar-refractivity contribution in [1.29, 1.82) is 0 Å². The number of nitrogens with two attached hydrogens (primary N) is 1. The predicted octanol–water partition coefficient (Wildman–Crippen LogP) is 2.12. The molecule has 0 saturated carbocycles. The lowest BCUT2D eigenvalue weighted by Gasteiger charge is -2.12. The number of nitrogen functional groups attached to an aromatic ring is 1.